The summed E-state index contributed by atoms with van der Waals surface area (Å²) >= 11 is 6.13. The SMILES string of the molecule is COc1ccc(NC(=O)C2CCN(C(=O)c3ccc(C(C)(C)C)cc3)CC2)cc1Cl. The zero-order valence-corrected chi connectivity index (χ0v) is 18.8. The van der Waals surface area contributed by atoms with Gasteiger partial charge < -0.3 is 15.0 Å². The average molecular weight is 429 g/mol. The second-order valence-electron chi connectivity index (χ2n) is 8.73. The zero-order valence-electron chi connectivity index (χ0n) is 18.0. The van der Waals surface area contributed by atoms with Crippen LogP contribution in [0.25, 0.3) is 0 Å². The van der Waals surface area contributed by atoms with Crippen molar-refractivity contribution in [3.05, 3.63) is 58.6 Å². The number of rotatable bonds is 4. The van der Waals surface area contributed by atoms with E-state index >= 15 is 0 Å². The molecule has 0 unspecified atom stereocenters. The molecule has 6 heteroatoms. The molecule has 1 aliphatic heterocycles. The topological polar surface area (TPSA) is 58.6 Å². The normalized spacial score (nSPS) is 15.0. The quantitative estimate of drug-likeness (QED) is 0.733. The molecular formula is C24H29ClN2O3. The highest BCUT2D eigenvalue weighted by Gasteiger charge is 2.28. The largest absolute Gasteiger partial charge is 0.495 e. The third kappa shape index (κ3) is 5.14. The van der Waals surface area contributed by atoms with Crippen LogP contribution >= 0.6 is 11.6 Å². The van der Waals surface area contributed by atoms with Crippen molar-refractivity contribution in [1.82, 2.24) is 4.90 Å². The number of benzene rings is 2. The van der Waals surface area contributed by atoms with E-state index < -0.39 is 0 Å². The first-order valence-corrected chi connectivity index (χ1v) is 10.6. The van der Waals surface area contributed by atoms with Crippen LogP contribution in [0.1, 0.15) is 49.5 Å². The second-order valence-corrected chi connectivity index (χ2v) is 9.14. The van der Waals surface area contributed by atoms with Crippen molar-refractivity contribution in [1.29, 1.82) is 0 Å². The summed E-state index contributed by atoms with van der Waals surface area (Å²) in [5.74, 6) is 0.421. The Kier molecular flexibility index (Phi) is 6.71. The van der Waals surface area contributed by atoms with Gasteiger partial charge in [0.15, 0.2) is 0 Å². The van der Waals surface area contributed by atoms with E-state index in [0.717, 1.165) is 0 Å². The Morgan fingerprint density at radius 2 is 1.70 bits per heavy atom. The van der Waals surface area contributed by atoms with Gasteiger partial charge in [-0.1, -0.05) is 44.5 Å². The number of amides is 2. The van der Waals surface area contributed by atoms with Gasteiger partial charge in [0.05, 0.1) is 12.1 Å². The van der Waals surface area contributed by atoms with Gasteiger partial charge in [0.25, 0.3) is 5.91 Å². The van der Waals surface area contributed by atoms with Crippen LogP contribution in [0.5, 0.6) is 5.75 Å². The number of nitrogens with zero attached hydrogens (tertiary/aromatic N) is 1. The Morgan fingerprint density at radius 1 is 1.07 bits per heavy atom. The van der Waals surface area contributed by atoms with E-state index in [9.17, 15) is 9.59 Å². The molecule has 0 bridgehead atoms. The third-order valence-corrected chi connectivity index (χ3v) is 5.87. The maximum atomic E-state index is 12.8. The molecule has 5 nitrogen and oxygen atoms in total. The predicted octanol–water partition coefficient (Wildman–Crippen LogP) is 5.14. The van der Waals surface area contributed by atoms with Crippen molar-refractivity contribution in [2.75, 3.05) is 25.5 Å². The second kappa shape index (κ2) is 9.09. The maximum absolute atomic E-state index is 12.8. The minimum Gasteiger partial charge on any atom is -0.495 e. The van der Waals surface area contributed by atoms with Gasteiger partial charge in [-0.15, -0.1) is 0 Å². The van der Waals surface area contributed by atoms with Gasteiger partial charge in [0.1, 0.15) is 5.75 Å². The fourth-order valence-corrected chi connectivity index (χ4v) is 3.89. The number of halogens is 1. The molecule has 3 rings (SSSR count). The van der Waals surface area contributed by atoms with E-state index in [2.05, 4.69) is 26.1 Å². The maximum Gasteiger partial charge on any atom is 0.253 e. The summed E-state index contributed by atoms with van der Waals surface area (Å²) in [6, 6.07) is 13.0. The summed E-state index contributed by atoms with van der Waals surface area (Å²) in [6.07, 6.45) is 1.28. The van der Waals surface area contributed by atoms with E-state index in [4.69, 9.17) is 16.3 Å². The van der Waals surface area contributed by atoms with Gasteiger partial charge in [-0.25, -0.2) is 0 Å². The number of ether oxygens (including phenoxy) is 1. The smallest absolute Gasteiger partial charge is 0.253 e. The Morgan fingerprint density at radius 3 is 2.23 bits per heavy atom. The monoisotopic (exact) mass is 428 g/mol. The Labute approximate surface area is 183 Å². The lowest BCUT2D eigenvalue weighted by Gasteiger charge is -2.31. The number of carbonyl (C=O) groups is 2. The summed E-state index contributed by atoms with van der Waals surface area (Å²) in [5, 5.41) is 3.37. The molecule has 2 amide bonds. The number of nitrogens with one attached hydrogen (secondary N) is 1. The number of anilines is 1. The molecule has 30 heavy (non-hydrogen) atoms. The summed E-state index contributed by atoms with van der Waals surface area (Å²) in [7, 11) is 1.55. The fourth-order valence-electron chi connectivity index (χ4n) is 3.63. The highest BCUT2D eigenvalue weighted by atomic mass is 35.5. The van der Waals surface area contributed by atoms with E-state index in [1.807, 2.05) is 29.2 Å². The lowest BCUT2D eigenvalue weighted by atomic mass is 9.86. The van der Waals surface area contributed by atoms with E-state index in [0.29, 0.717) is 48.0 Å². The van der Waals surface area contributed by atoms with Gasteiger partial charge in [-0.3, -0.25) is 9.59 Å². The molecule has 1 N–H and O–H groups in total. The predicted molar refractivity (Wildman–Crippen MR) is 120 cm³/mol. The third-order valence-electron chi connectivity index (χ3n) is 5.57. The van der Waals surface area contributed by atoms with Gasteiger partial charge in [0.2, 0.25) is 5.91 Å². The average Bonchev–Trinajstić information content (AvgIpc) is 2.73. The molecule has 0 atom stereocenters. The van der Waals surface area contributed by atoms with Crippen LogP contribution in [0.2, 0.25) is 5.02 Å². The number of hydrogen-bond donors (Lipinski definition) is 1. The summed E-state index contributed by atoms with van der Waals surface area (Å²) in [6.45, 7) is 7.60. The van der Waals surface area contributed by atoms with Crippen molar-refractivity contribution in [3.8, 4) is 5.75 Å². The molecule has 160 valence electrons. The minimum atomic E-state index is -0.127. The van der Waals surface area contributed by atoms with Crippen molar-refractivity contribution in [2.45, 2.75) is 39.0 Å². The molecule has 1 aliphatic rings. The minimum absolute atomic E-state index is 0.0243. The van der Waals surface area contributed by atoms with Crippen molar-refractivity contribution < 1.29 is 14.3 Å². The van der Waals surface area contributed by atoms with Gasteiger partial charge in [-0.2, -0.15) is 0 Å². The highest BCUT2D eigenvalue weighted by molar-refractivity contribution is 6.32. The van der Waals surface area contributed by atoms with Crippen LogP contribution in [-0.2, 0) is 10.2 Å². The lowest BCUT2D eigenvalue weighted by Crippen LogP contribution is -2.41. The zero-order chi connectivity index (χ0) is 21.9. The summed E-state index contributed by atoms with van der Waals surface area (Å²) in [5.41, 5.74) is 2.59. The number of hydrogen-bond acceptors (Lipinski definition) is 3. The molecule has 1 fully saturated rings. The van der Waals surface area contributed by atoms with Crippen LogP contribution in [-0.4, -0.2) is 36.9 Å². The molecule has 0 aromatic heterocycles. The molecule has 0 saturated carbocycles. The van der Waals surface area contributed by atoms with E-state index in [-0.39, 0.29) is 23.1 Å². The van der Waals surface area contributed by atoms with Crippen molar-refractivity contribution in [3.63, 3.8) is 0 Å². The van der Waals surface area contributed by atoms with Crippen LogP contribution in [0.4, 0.5) is 5.69 Å². The van der Waals surface area contributed by atoms with Gasteiger partial charge >= 0.3 is 0 Å². The molecule has 0 radical (unpaired) electrons. The number of likely N-dealkylation sites (tertiary alicyclic amines) is 1. The van der Waals surface area contributed by atoms with Gasteiger partial charge in [0, 0.05) is 30.3 Å². The van der Waals surface area contributed by atoms with Crippen LogP contribution in [0, 0.1) is 5.92 Å². The standard InChI is InChI=1S/C24H29ClN2O3/c1-24(2,3)18-7-5-17(6-8-18)23(29)27-13-11-16(12-14-27)22(28)26-19-9-10-21(30-4)20(25)15-19/h5-10,15-16H,11-14H2,1-4H3,(H,26,28). The fraction of sp³-hybridized carbons (Fsp3) is 0.417. The van der Waals surface area contributed by atoms with Gasteiger partial charge in [-0.05, 0) is 54.2 Å². The van der Waals surface area contributed by atoms with E-state index in [1.54, 1.807) is 25.3 Å². The molecular weight excluding hydrogens is 400 g/mol. The Bertz CT molecular complexity index is 911. The molecule has 2 aromatic carbocycles. The molecule has 2 aromatic rings. The number of carbonyl (C=O) groups excluding carboxylic acids is 2. The molecule has 0 aliphatic carbocycles. The van der Waals surface area contributed by atoms with Crippen LogP contribution in [0.15, 0.2) is 42.5 Å². The molecule has 0 spiro atoms. The first-order valence-electron chi connectivity index (χ1n) is 10.2. The van der Waals surface area contributed by atoms with E-state index in [1.165, 1.54) is 5.56 Å². The summed E-state index contributed by atoms with van der Waals surface area (Å²) in [4.78, 5) is 27.3. The Balaban J connectivity index is 1.55. The number of piperidine rings is 1. The van der Waals surface area contributed by atoms with Crippen molar-refractivity contribution in [2.24, 2.45) is 5.92 Å². The summed E-state index contributed by atoms with van der Waals surface area (Å²) < 4.78 is 5.13. The van der Waals surface area contributed by atoms with Crippen molar-refractivity contribution >= 4 is 29.1 Å². The van der Waals surface area contributed by atoms with Crippen LogP contribution < -0.4 is 10.1 Å². The highest BCUT2D eigenvalue weighted by Crippen LogP contribution is 2.28. The first kappa shape index (κ1) is 22.2. The Hall–Kier alpha value is -2.53. The number of methoxy groups -OCH3 is 1. The lowest BCUT2D eigenvalue weighted by molar-refractivity contribution is -0.121. The first-order chi connectivity index (χ1) is 14.2. The molecule has 1 saturated heterocycles. The molecule has 1 heterocycles. The van der Waals surface area contributed by atoms with Crippen LogP contribution in [0.3, 0.4) is 0 Å².